The number of alkyl halides is 3. The number of benzene rings is 1. The Balaban J connectivity index is 2.26. The van der Waals surface area contributed by atoms with E-state index in [1.54, 1.807) is 0 Å². The van der Waals surface area contributed by atoms with Crippen LogP contribution in [-0.2, 0) is 6.42 Å². The molecule has 0 nitrogen and oxygen atoms in total. The molecule has 0 aliphatic rings. The van der Waals surface area contributed by atoms with Crippen molar-refractivity contribution >= 4 is 0 Å². The van der Waals surface area contributed by atoms with Crippen LogP contribution in [0.3, 0.4) is 0 Å². The molecule has 22 heavy (non-hydrogen) atoms. The SMILES string of the molecule is CCCCCCCCCC(CCc1ccccc1)C(F)(F)F. The molecule has 1 atom stereocenters. The normalized spacial score (nSPS) is 13.3. The first-order valence-corrected chi connectivity index (χ1v) is 8.64. The molecule has 0 saturated heterocycles. The summed E-state index contributed by atoms with van der Waals surface area (Å²) in [6.07, 6.45) is 4.47. The standard InChI is InChI=1S/C19H29F3/c1-2-3-4-5-6-7-11-14-18(19(20,21)22)16-15-17-12-9-8-10-13-17/h8-10,12-13,18H,2-7,11,14-16H2,1H3. The van der Waals surface area contributed by atoms with E-state index < -0.39 is 12.1 Å². The molecule has 1 aromatic rings. The van der Waals surface area contributed by atoms with Crippen LogP contribution >= 0.6 is 0 Å². The first kappa shape index (κ1) is 19.1. The topological polar surface area (TPSA) is 0 Å². The van der Waals surface area contributed by atoms with Crippen LogP contribution in [0.1, 0.15) is 70.3 Å². The molecule has 0 heterocycles. The van der Waals surface area contributed by atoms with Crippen molar-refractivity contribution in [1.82, 2.24) is 0 Å². The fraction of sp³-hybridized carbons (Fsp3) is 0.684. The molecule has 1 unspecified atom stereocenters. The van der Waals surface area contributed by atoms with E-state index in [2.05, 4.69) is 6.92 Å². The lowest BCUT2D eigenvalue weighted by atomic mass is 9.93. The molecule has 0 N–H and O–H groups in total. The molecule has 1 rings (SSSR count). The zero-order chi connectivity index (χ0) is 16.3. The monoisotopic (exact) mass is 314 g/mol. The Morgan fingerprint density at radius 2 is 1.41 bits per heavy atom. The summed E-state index contributed by atoms with van der Waals surface area (Å²) in [6, 6.07) is 9.47. The van der Waals surface area contributed by atoms with E-state index in [0.717, 1.165) is 24.8 Å². The van der Waals surface area contributed by atoms with E-state index in [-0.39, 0.29) is 12.8 Å². The molecule has 0 aliphatic carbocycles. The van der Waals surface area contributed by atoms with Crippen LogP contribution in [0.25, 0.3) is 0 Å². The maximum atomic E-state index is 13.1. The minimum Gasteiger partial charge on any atom is -0.171 e. The van der Waals surface area contributed by atoms with E-state index >= 15 is 0 Å². The molecular weight excluding hydrogens is 285 g/mol. The van der Waals surface area contributed by atoms with Crippen LogP contribution in [-0.4, -0.2) is 6.18 Å². The average molecular weight is 314 g/mol. The summed E-state index contributed by atoms with van der Waals surface area (Å²) in [7, 11) is 0. The molecule has 0 saturated carbocycles. The van der Waals surface area contributed by atoms with Gasteiger partial charge in [-0.2, -0.15) is 13.2 Å². The van der Waals surface area contributed by atoms with E-state index in [1.165, 1.54) is 19.3 Å². The smallest absolute Gasteiger partial charge is 0.171 e. The second-order valence-electron chi connectivity index (χ2n) is 6.17. The van der Waals surface area contributed by atoms with E-state index in [9.17, 15) is 13.2 Å². The highest BCUT2D eigenvalue weighted by Gasteiger charge is 2.38. The van der Waals surface area contributed by atoms with Crippen molar-refractivity contribution < 1.29 is 13.2 Å². The summed E-state index contributed by atoms with van der Waals surface area (Å²) in [5, 5.41) is 0. The molecule has 0 bridgehead atoms. The minimum atomic E-state index is -4.06. The predicted octanol–water partition coefficient (Wildman–Crippen LogP) is 6.94. The number of halogens is 3. The quantitative estimate of drug-likeness (QED) is 0.388. The lowest BCUT2D eigenvalue weighted by molar-refractivity contribution is -0.178. The number of hydrogen-bond acceptors (Lipinski definition) is 0. The van der Waals surface area contributed by atoms with E-state index in [4.69, 9.17) is 0 Å². The van der Waals surface area contributed by atoms with Crippen molar-refractivity contribution in [2.45, 2.75) is 77.3 Å². The van der Waals surface area contributed by atoms with Crippen molar-refractivity contribution in [3.63, 3.8) is 0 Å². The summed E-state index contributed by atoms with van der Waals surface area (Å²) >= 11 is 0. The Hall–Kier alpha value is -0.990. The molecule has 0 aromatic heterocycles. The molecule has 1 aromatic carbocycles. The first-order chi connectivity index (χ1) is 10.5. The summed E-state index contributed by atoms with van der Waals surface area (Å²) < 4.78 is 39.3. The second kappa shape index (κ2) is 10.7. The van der Waals surface area contributed by atoms with Gasteiger partial charge in [0, 0.05) is 0 Å². The van der Waals surface area contributed by atoms with Gasteiger partial charge >= 0.3 is 6.18 Å². The van der Waals surface area contributed by atoms with Crippen molar-refractivity contribution in [3.8, 4) is 0 Å². The maximum Gasteiger partial charge on any atom is 0.391 e. The second-order valence-corrected chi connectivity index (χ2v) is 6.17. The number of rotatable bonds is 11. The summed E-state index contributed by atoms with van der Waals surface area (Å²) in [5.74, 6) is -1.15. The minimum absolute atomic E-state index is 0.212. The van der Waals surface area contributed by atoms with Gasteiger partial charge in [-0.3, -0.25) is 0 Å². The number of aryl methyl sites for hydroxylation is 1. The zero-order valence-corrected chi connectivity index (χ0v) is 13.7. The van der Waals surface area contributed by atoms with Gasteiger partial charge in [0.1, 0.15) is 0 Å². The van der Waals surface area contributed by atoms with Gasteiger partial charge in [0.15, 0.2) is 0 Å². The largest absolute Gasteiger partial charge is 0.391 e. The Morgan fingerprint density at radius 3 is 2.00 bits per heavy atom. The molecule has 126 valence electrons. The van der Waals surface area contributed by atoms with Crippen LogP contribution in [0.5, 0.6) is 0 Å². The highest BCUT2D eigenvalue weighted by atomic mass is 19.4. The molecule has 0 radical (unpaired) electrons. The van der Waals surface area contributed by atoms with Gasteiger partial charge in [-0.15, -0.1) is 0 Å². The van der Waals surface area contributed by atoms with E-state index in [0.29, 0.717) is 12.8 Å². The van der Waals surface area contributed by atoms with Gasteiger partial charge < -0.3 is 0 Å². The van der Waals surface area contributed by atoms with Gasteiger partial charge in [-0.1, -0.05) is 82.2 Å². The van der Waals surface area contributed by atoms with Gasteiger partial charge in [0.2, 0.25) is 0 Å². The molecule has 0 spiro atoms. The predicted molar refractivity (Wildman–Crippen MR) is 86.9 cm³/mol. The van der Waals surface area contributed by atoms with Crippen LogP contribution in [0.2, 0.25) is 0 Å². The van der Waals surface area contributed by atoms with Crippen LogP contribution in [0.15, 0.2) is 30.3 Å². The van der Waals surface area contributed by atoms with Crippen molar-refractivity contribution in [2.75, 3.05) is 0 Å². The van der Waals surface area contributed by atoms with Crippen LogP contribution in [0, 0.1) is 5.92 Å². The lowest BCUT2D eigenvalue weighted by Crippen LogP contribution is -2.23. The highest BCUT2D eigenvalue weighted by Crippen LogP contribution is 2.34. The number of hydrogen-bond donors (Lipinski definition) is 0. The Labute approximate surface area is 133 Å². The average Bonchev–Trinajstić information content (AvgIpc) is 2.49. The number of unbranched alkanes of at least 4 members (excludes halogenated alkanes) is 6. The van der Waals surface area contributed by atoms with Gasteiger partial charge in [-0.05, 0) is 24.8 Å². The van der Waals surface area contributed by atoms with Gasteiger partial charge in [0.25, 0.3) is 0 Å². The summed E-state index contributed by atoms with van der Waals surface area (Å²) in [4.78, 5) is 0. The van der Waals surface area contributed by atoms with Crippen molar-refractivity contribution in [1.29, 1.82) is 0 Å². The lowest BCUT2D eigenvalue weighted by Gasteiger charge is -2.20. The Bertz CT molecular complexity index is 370. The fourth-order valence-corrected chi connectivity index (χ4v) is 2.81. The Kier molecular flexibility index (Phi) is 9.26. The van der Waals surface area contributed by atoms with Gasteiger partial charge in [0.05, 0.1) is 5.92 Å². The van der Waals surface area contributed by atoms with Gasteiger partial charge in [-0.25, -0.2) is 0 Å². The third kappa shape index (κ3) is 8.45. The maximum absolute atomic E-state index is 13.1. The van der Waals surface area contributed by atoms with Crippen LogP contribution < -0.4 is 0 Å². The molecule has 3 heteroatoms. The van der Waals surface area contributed by atoms with Crippen molar-refractivity contribution in [2.24, 2.45) is 5.92 Å². The third-order valence-corrected chi connectivity index (χ3v) is 4.24. The Morgan fingerprint density at radius 1 is 0.818 bits per heavy atom. The first-order valence-electron chi connectivity index (χ1n) is 8.64. The third-order valence-electron chi connectivity index (χ3n) is 4.24. The van der Waals surface area contributed by atoms with Crippen molar-refractivity contribution in [3.05, 3.63) is 35.9 Å². The van der Waals surface area contributed by atoms with Crippen LogP contribution in [0.4, 0.5) is 13.2 Å². The molecule has 0 aliphatic heterocycles. The molecule has 0 amide bonds. The zero-order valence-electron chi connectivity index (χ0n) is 13.7. The molecular formula is C19H29F3. The highest BCUT2D eigenvalue weighted by molar-refractivity contribution is 5.14. The summed E-state index contributed by atoms with van der Waals surface area (Å²) in [5.41, 5.74) is 0.997. The fourth-order valence-electron chi connectivity index (χ4n) is 2.81. The molecule has 0 fully saturated rings. The summed E-state index contributed by atoms with van der Waals surface area (Å²) in [6.45, 7) is 2.17. The van der Waals surface area contributed by atoms with E-state index in [1.807, 2.05) is 30.3 Å².